The minimum absolute atomic E-state index is 0. The van der Waals surface area contributed by atoms with Crippen LogP contribution in [0.3, 0.4) is 0 Å². The molecule has 0 aliphatic heterocycles. The van der Waals surface area contributed by atoms with Crippen molar-refractivity contribution in [2.24, 2.45) is 5.73 Å². The van der Waals surface area contributed by atoms with Crippen LogP contribution in [0.1, 0.15) is 42.1 Å². The molecule has 0 aliphatic rings. The Balaban J connectivity index is 0.00000288. The Hall–Kier alpha value is -1.84. The van der Waals surface area contributed by atoms with E-state index in [9.17, 15) is 4.79 Å². The maximum Gasteiger partial charge on any atom is 0.241 e. The van der Waals surface area contributed by atoms with Gasteiger partial charge in [-0.1, -0.05) is 73.5 Å². The Morgan fingerprint density at radius 3 is 1.96 bits per heavy atom. The van der Waals surface area contributed by atoms with Crippen molar-refractivity contribution in [1.29, 1.82) is 0 Å². The number of carbonyl (C=O) groups excluding carboxylic acids is 1. The average molecular weight is 347 g/mol. The van der Waals surface area contributed by atoms with Gasteiger partial charge in [0.15, 0.2) is 0 Å². The summed E-state index contributed by atoms with van der Waals surface area (Å²) in [6, 6.07) is 15.5. The summed E-state index contributed by atoms with van der Waals surface area (Å²) in [7, 11) is 0. The second-order valence-electron chi connectivity index (χ2n) is 6.86. The highest BCUT2D eigenvalue weighted by atomic mass is 35.5. The maximum absolute atomic E-state index is 12.3. The molecule has 0 heterocycles. The Bertz CT molecular complexity index is 663. The van der Waals surface area contributed by atoms with Gasteiger partial charge in [0.25, 0.3) is 0 Å². The largest absolute Gasteiger partial charge is 0.354 e. The van der Waals surface area contributed by atoms with Gasteiger partial charge in [-0.05, 0) is 25.0 Å². The zero-order valence-electron chi connectivity index (χ0n) is 14.8. The molecule has 2 aromatic rings. The van der Waals surface area contributed by atoms with Crippen molar-refractivity contribution in [3.05, 3.63) is 70.8 Å². The van der Waals surface area contributed by atoms with Gasteiger partial charge in [-0.2, -0.15) is 0 Å². The van der Waals surface area contributed by atoms with Crippen LogP contribution in [0.2, 0.25) is 0 Å². The summed E-state index contributed by atoms with van der Waals surface area (Å²) in [6.45, 7) is 8.87. The lowest BCUT2D eigenvalue weighted by atomic mass is 9.84. The molecule has 24 heavy (non-hydrogen) atoms. The van der Waals surface area contributed by atoms with Crippen LogP contribution in [0.15, 0.2) is 48.5 Å². The molecule has 4 heteroatoms. The molecule has 0 aromatic heterocycles. The first kappa shape index (κ1) is 20.2. The van der Waals surface area contributed by atoms with Crippen LogP contribution in [0.5, 0.6) is 0 Å². The Kier molecular flexibility index (Phi) is 7.00. The molecular formula is C20H27ClN2O. The third-order valence-electron chi connectivity index (χ3n) is 4.26. The second kappa shape index (κ2) is 8.32. The van der Waals surface area contributed by atoms with E-state index in [-0.39, 0.29) is 23.7 Å². The molecule has 0 aliphatic carbocycles. The molecule has 2 rings (SSSR count). The van der Waals surface area contributed by atoms with Crippen molar-refractivity contribution >= 4 is 18.3 Å². The lowest BCUT2D eigenvalue weighted by Crippen LogP contribution is -2.41. The third kappa shape index (κ3) is 5.08. The summed E-state index contributed by atoms with van der Waals surface area (Å²) in [5.74, 6) is -0.144. The van der Waals surface area contributed by atoms with E-state index in [2.05, 4.69) is 50.4 Å². The van der Waals surface area contributed by atoms with E-state index in [1.165, 1.54) is 11.1 Å². The molecule has 0 saturated carbocycles. The van der Waals surface area contributed by atoms with Gasteiger partial charge in [-0.25, -0.2) is 0 Å². The highest BCUT2D eigenvalue weighted by Crippen LogP contribution is 2.23. The molecule has 0 spiro atoms. The Labute approximate surface area is 151 Å². The van der Waals surface area contributed by atoms with Crippen LogP contribution in [0.4, 0.5) is 0 Å². The number of rotatable bonds is 5. The van der Waals surface area contributed by atoms with E-state index < -0.39 is 6.04 Å². The van der Waals surface area contributed by atoms with E-state index in [1.54, 1.807) is 0 Å². The number of aryl methyl sites for hydroxylation is 2. The number of amides is 1. The summed E-state index contributed by atoms with van der Waals surface area (Å²) in [6.07, 6.45) is 0. The molecule has 0 radical (unpaired) electrons. The molecular weight excluding hydrogens is 320 g/mol. The van der Waals surface area contributed by atoms with Crippen molar-refractivity contribution in [1.82, 2.24) is 5.32 Å². The van der Waals surface area contributed by atoms with Crippen molar-refractivity contribution < 1.29 is 4.79 Å². The summed E-state index contributed by atoms with van der Waals surface area (Å²) in [4.78, 5) is 12.3. The molecule has 3 N–H and O–H groups in total. The second-order valence-corrected chi connectivity index (χ2v) is 6.86. The Morgan fingerprint density at radius 2 is 1.46 bits per heavy atom. The minimum Gasteiger partial charge on any atom is -0.354 e. The van der Waals surface area contributed by atoms with Crippen molar-refractivity contribution in [3.8, 4) is 0 Å². The monoisotopic (exact) mass is 346 g/mol. The summed E-state index contributed by atoms with van der Waals surface area (Å²) in [5.41, 5.74) is 10.3. The first-order chi connectivity index (χ1) is 10.8. The molecule has 2 aromatic carbocycles. The number of carbonyl (C=O) groups is 1. The van der Waals surface area contributed by atoms with E-state index in [0.717, 1.165) is 11.1 Å². The van der Waals surface area contributed by atoms with Gasteiger partial charge in [0.2, 0.25) is 5.91 Å². The van der Waals surface area contributed by atoms with E-state index in [1.807, 2.05) is 31.2 Å². The fourth-order valence-electron chi connectivity index (χ4n) is 2.45. The van der Waals surface area contributed by atoms with Gasteiger partial charge in [0.1, 0.15) is 6.04 Å². The van der Waals surface area contributed by atoms with Crippen LogP contribution in [0, 0.1) is 13.8 Å². The molecule has 0 fully saturated rings. The van der Waals surface area contributed by atoms with Crippen molar-refractivity contribution in [3.63, 3.8) is 0 Å². The first-order valence-electron chi connectivity index (χ1n) is 7.96. The van der Waals surface area contributed by atoms with Crippen molar-refractivity contribution in [2.45, 2.75) is 39.2 Å². The highest BCUT2D eigenvalue weighted by molar-refractivity contribution is 5.85. The van der Waals surface area contributed by atoms with Crippen molar-refractivity contribution in [2.75, 3.05) is 6.54 Å². The van der Waals surface area contributed by atoms with Crippen LogP contribution in [-0.4, -0.2) is 12.5 Å². The maximum atomic E-state index is 12.3. The van der Waals surface area contributed by atoms with Gasteiger partial charge in [-0.15, -0.1) is 12.4 Å². The number of nitrogens with one attached hydrogen (secondary N) is 1. The van der Waals surface area contributed by atoms with Gasteiger partial charge in [0.05, 0.1) is 0 Å². The number of hydrogen-bond acceptors (Lipinski definition) is 2. The lowest BCUT2D eigenvalue weighted by Gasteiger charge is -2.26. The van der Waals surface area contributed by atoms with E-state index >= 15 is 0 Å². The molecule has 130 valence electrons. The van der Waals surface area contributed by atoms with Gasteiger partial charge < -0.3 is 11.1 Å². The minimum atomic E-state index is -0.635. The van der Waals surface area contributed by atoms with Gasteiger partial charge >= 0.3 is 0 Å². The van der Waals surface area contributed by atoms with E-state index in [0.29, 0.717) is 6.54 Å². The highest BCUT2D eigenvalue weighted by Gasteiger charge is 2.23. The zero-order chi connectivity index (χ0) is 17.0. The van der Waals surface area contributed by atoms with Crippen LogP contribution < -0.4 is 11.1 Å². The van der Waals surface area contributed by atoms with Crippen LogP contribution in [-0.2, 0) is 10.2 Å². The first-order valence-corrected chi connectivity index (χ1v) is 7.96. The number of halogens is 1. The molecule has 1 amide bonds. The van der Waals surface area contributed by atoms with Crippen LogP contribution in [0.25, 0.3) is 0 Å². The van der Waals surface area contributed by atoms with Gasteiger partial charge in [-0.3, -0.25) is 4.79 Å². The predicted molar refractivity (Wildman–Crippen MR) is 103 cm³/mol. The SMILES string of the molecule is Cc1ccc(C(N)C(=O)NCC(C)(C)c2ccc(C)cc2)cc1.Cl. The summed E-state index contributed by atoms with van der Waals surface area (Å²) in [5, 5.41) is 2.98. The summed E-state index contributed by atoms with van der Waals surface area (Å²) < 4.78 is 0. The average Bonchev–Trinajstić information content (AvgIpc) is 2.53. The molecule has 0 saturated heterocycles. The summed E-state index contributed by atoms with van der Waals surface area (Å²) >= 11 is 0. The zero-order valence-corrected chi connectivity index (χ0v) is 15.6. The third-order valence-corrected chi connectivity index (χ3v) is 4.26. The topological polar surface area (TPSA) is 55.1 Å². The number of benzene rings is 2. The fraction of sp³-hybridized carbons (Fsp3) is 0.350. The van der Waals surface area contributed by atoms with Crippen LogP contribution >= 0.6 is 12.4 Å². The Morgan fingerprint density at radius 1 is 1.00 bits per heavy atom. The quantitative estimate of drug-likeness (QED) is 0.864. The number of nitrogens with two attached hydrogens (primary N) is 1. The van der Waals surface area contributed by atoms with E-state index in [4.69, 9.17) is 5.73 Å². The molecule has 1 atom stereocenters. The fourth-order valence-corrected chi connectivity index (χ4v) is 2.45. The number of hydrogen-bond donors (Lipinski definition) is 2. The smallest absolute Gasteiger partial charge is 0.241 e. The molecule has 1 unspecified atom stereocenters. The lowest BCUT2D eigenvalue weighted by molar-refractivity contribution is -0.122. The van der Waals surface area contributed by atoms with Gasteiger partial charge in [0, 0.05) is 12.0 Å². The normalized spacial score (nSPS) is 12.2. The predicted octanol–water partition coefficient (Wildman–Crippen LogP) is 3.82. The molecule has 0 bridgehead atoms. The standard InChI is InChI=1S/C20H26N2O.ClH/c1-14-5-9-16(10-6-14)18(21)19(23)22-13-20(3,4)17-11-7-15(2)8-12-17;/h5-12,18H,13,21H2,1-4H3,(H,22,23);1H. The molecule has 3 nitrogen and oxygen atoms in total.